The van der Waals surface area contributed by atoms with Crippen LogP contribution in [0.25, 0.3) is 22.2 Å². The van der Waals surface area contributed by atoms with Gasteiger partial charge in [0.1, 0.15) is 6.54 Å². The van der Waals surface area contributed by atoms with Gasteiger partial charge in [0.25, 0.3) is 0 Å². The number of nitrogens with zero attached hydrogens (tertiary/aromatic N) is 2. The van der Waals surface area contributed by atoms with Gasteiger partial charge in [0.15, 0.2) is 0 Å². The molecule has 5 nitrogen and oxygen atoms in total. The molecular weight excluding hydrogens is 447 g/mol. The van der Waals surface area contributed by atoms with Gasteiger partial charge in [-0.15, -0.1) is 0 Å². The van der Waals surface area contributed by atoms with E-state index in [9.17, 15) is 14.7 Å². The van der Waals surface area contributed by atoms with E-state index in [-0.39, 0.29) is 18.0 Å². The predicted octanol–water partition coefficient (Wildman–Crippen LogP) is 6.45. The number of hydrogen-bond donors (Lipinski definition) is 1. The van der Waals surface area contributed by atoms with Gasteiger partial charge in [0.2, 0.25) is 5.91 Å². The van der Waals surface area contributed by atoms with Crippen LogP contribution in [0.5, 0.6) is 0 Å². The van der Waals surface area contributed by atoms with Crippen molar-refractivity contribution in [3.8, 4) is 11.3 Å². The molecule has 1 aliphatic carbocycles. The molecule has 1 aromatic heterocycles. The molecule has 0 radical (unpaired) electrons. The number of aromatic carboxylic acids is 1. The highest BCUT2D eigenvalue weighted by atomic mass is 35.5. The zero-order valence-corrected chi connectivity index (χ0v) is 19.7. The van der Waals surface area contributed by atoms with Crippen LogP contribution in [0.2, 0.25) is 10.0 Å². The van der Waals surface area contributed by atoms with Gasteiger partial charge in [0, 0.05) is 25.0 Å². The number of likely N-dealkylation sites (N-methyl/N-ethyl adjacent to an activating group) is 1. The van der Waals surface area contributed by atoms with Gasteiger partial charge >= 0.3 is 5.97 Å². The Balaban J connectivity index is 2.06. The Morgan fingerprint density at radius 1 is 1.03 bits per heavy atom. The molecule has 1 fully saturated rings. The molecule has 1 aliphatic rings. The van der Waals surface area contributed by atoms with Crippen molar-refractivity contribution < 1.29 is 14.7 Å². The molecule has 1 heterocycles. The lowest BCUT2D eigenvalue weighted by molar-refractivity contribution is -0.129. The normalized spacial score (nSPS) is 14.6. The predicted molar refractivity (Wildman–Crippen MR) is 129 cm³/mol. The monoisotopic (exact) mass is 472 g/mol. The molecule has 0 spiro atoms. The number of carbonyl (C=O) groups excluding carboxylic acids is 1. The lowest BCUT2D eigenvalue weighted by atomic mass is 9.82. The van der Waals surface area contributed by atoms with E-state index in [1.54, 1.807) is 37.2 Å². The first-order chi connectivity index (χ1) is 15.3. The molecule has 32 heavy (non-hydrogen) atoms. The second kappa shape index (κ2) is 9.16. The Morgan fingerprint density at radius 3 is 2.38 bits per heavy atom. The second-order valence-electron chi connectivity index (χ2n) is 8.64. The fraction of sp³-hybridized carbons (Fsp3) is 0.360. The Morgan fingerprint density at radius 2 is 1.75 bits per heavy atom. The summed E-state index contributed by atoms with van der Waals surface area (Å²) in [4.78, 5) is 26.1. The van der Waals surface area contributed by atoms with Crippen LogP contribution in [0, 0.1) is 0 Å². The molecule has 168 valence electrons. The number of rotatable bonds is 5. The van der Waals surface area contributed by atoms with Crippen molar-refractivity contribution in [2.45, 2.75) is 44.6 Å². The van der Waals surface area contributed by atoms with Crippen LogP contribution in [0.3, 0.4) is 0 Å². The highest BCUT2D eigenvalue weighted by molar-refractivity contribution is 6.42. The summed E-state index contributed by atoms with van der Waals surface area (Å²) >= 11 is 12.6. The van der Waals surface area contributed by atoms with Crippen molar-refractivity contribution in [2.75, 3.05) is 14.1 Å². The van der Waals surface area contributed by atoms with E-state index in [1.165, 1.54) is 12.0 Å². The lowest BCUT2D eigenvalue weighted by Gasteiger charge is -2.24. The molecule has 3 aromatic rings. The fourth-order valence-corrected chi connectivity index (χ4v) is 5.01. The topological polar surface area (TPSA) is 62.5 Å². The fourth-order valence-electron chi connectivity index (χ4n) is 4.71. The van der Waals surface area contributed by atoms with E-state index < -0.39 is 5.97 Å². The third-order valence-electron chi connectivity index (χ3n) is 6.35. The summed E-state index contributed by atoms with van der Waals surface area (Å²) < 4.78 is 1.95. The van der Waals surface area contributed by atoms with Gasteiger partial charge < -0.3 is 14.6 Å². The zero-order chi connectivity index (χ0) is 23.0. The molecular formula is C25H26Cl2N2O3. The molecule has 4 rings (SSSR count). The molecule has 2 aromatic carbocycles. The Labute approximate surface area is 197 Å². The van der Waals surface area contributed by atoms with Gasteiger partial charge in [-0.05, 0) is 48.6 Å². The largest absolute Gasteiger partial charge is 0.478 e. The molecule has 7 heteroatoms. The van der Waals surface area contributed by atoms with Crippen LogP contribution in [0.1, 0.15) is 53.9 Å². The first-order valence-corrected chi connectivity index (χ1v) is 11.6. The van der Waals surface area contributed by atoms with Crippen molar-refractivity contribution in [3.05, 3.63) is 57.6 Å². The summed E-state index contributed by atoms with van der Waals surface area (Å²) in [5.74, 6) is -0.727. The number of carbonyl (C=O) groups is 2. The summed E-state index contributed by atoms with van der Waals surface area (Å²) in [5.41, 5.74) is 3.91. The van der Waals surface area contributed by atoms with Gasteiger partial charge in [-0.3, -0.25) is 4.79 Å². The number of fused-ring (bicyclic) bond motifs is 1. The average Bonchev–Trinajstić information content (AvgIpc) is 3.09. The molecule has 1 N–H and O–H groups in total. The number of hydrogen-bond acceptors (Lipinski definition) is 2. The van der Waals surface area contributed by atoms with Crippen LogP contribution in [0.4, 0.5) is 0 Å². The first-order valence-electron chi connectivity index (χ1n) is 10.8. The van der Waals surface area contributed by atoms with Crippen LogP contribution >= 0.6 is 23.2 Å². The summed E-state index contributed by atoms with van der Waals surface area (Å²) in [7, 11) is 3.44. The number of halogens is 2. The zero-order valence-electron chi connectivity index (χ0n) is 18.2. The smallest absolute Gasteiger partial charge is 0.335 e. The molecule has 0 unspecified atom stereocenters. The van der Waals surface area contributed by atoms with Crippen molar-refractivity contribution in [3.63, 3.8) is 0 Å². The summed E-state index contributed by atoms with van der Waals surface area (Å²) in [6.07, 6.45) is 5.66. The molecule has 0 atom stereocenters. The maximum absolute atomic E-state index is 12.8. The van der Waals surface area contributed by atoms with Gasteiger partial charge in [0.05, 0.1) is 26.8 Å². The lowest BCUT2D eigenvalue weighted by Crippen LogP contribution is -2.26. The molecule has 0 bridgehead atoms. The first kappa shape index (κ1) is 22.7. The number of carboxylic acids is 1. The highest BCUT2D eigenvalue weighted by Gasteiger charge is 2.28. The number of aromatic nitrogens is 1. The average molecular weight is 473 g/mol. The van der Waals surface area contributed by atoms with Gasteiger partial charge in [-0.2, -0.15) is 0 Å². The van der Waals surface area contributed by atoms with Crippen molar-refractivity contribution in [2.24, 2.45) is 0 Å². The van der Waals surface area contributed by atoms with Crippen molar-refractivity contribution >= 4 is 46.0 Å². The van der Waals surface area contributed by atoms with Crippen LogP contribution in [-0.4, -0.2) is 40.5 Å². The third-order valence-corrected chi connectivity index (χ3v) is 7.09. The Kier molecular flexibility index (Phi) is 6.50. The maximum Gasteiger partial charge on any atom is 0.335 e. The maximum atomic E-state index is 12.8. The van der Waals surface area contributed by atoms with Gasteiger partial charge in [-0.25, -0.2) is 4.79 Å². The van der Waals surface area contributed by atoms with Crippen LogP contribution in [-0.2, 0) is 11.3 Å². The summed E-state index contributed by atoms with van der Waals surface area (Å²) in [6, 6.07) is 10.7. The van der Waals surface area contributed by atoms with E-state index in [1.807, 2.05) is 22.8 Å². The molecule has 1 amide bonds. The minimum absolute atomic E-state index is 0.0702. The van der Waals surface area contributed by atoms with E-state index in [4.69, 9.17) is 23.2 Å². The number of carboxylic acid groups (broad SMARTS) is 1. The Bertz CT molecular complexity index is 1190. The van der Waals surface area contributed by atoms with Crippen molar-refractivity contribution in [1.29, 1.82) is 0 Å². The van der Waals surface area contributed by atoms with Crippen molar-refractivity contribution in [1.82, 2.24) is 9.47 Å². The van der Waals surface area contributed by atoms with E-state index in [0.29, 0.717) is 16.0 Å². The molecule has 0 saturated heterocycles. The Hall–Kier alpha value is -2.50. The number of benzene rings is 2. The second-order valence-corrected chi connectivity index (χ2v) is 9.45. The summed E-state index contributed by atoms with van der Waals surface area (Å²) in [5, 5.41) is 11.5. The minimum atomic E-state index is -0.992. The van der Waals surface area contributed by atoms with E-state index in [2.05, 4.69) is 0 Å². The number of amides is 1. The van der Waals surface area contributed by atoms with Gasteiger partial charge in [-0.1, -0.05) is 54.6 Å². The quantitative estimate of drug-likeness (QED) is 0.463. The minimum Gasteiger partial charge on any atom is -0.478 e. The summed E-state index contributed by atoms with van der Waals surface area (Å²) in [6.45, 7) is 0.106. The SMILES string of the molecule is CN(C)C(=O)Cn1c(-c2ccc(Cl)c(Cl)c2)c(C2CCCCC2)c2ccc(C(=O)O)cc21. The molecule has 1 saturated carbocycles. The third kappa shape index (κ3) is 4.24. The molecule has 0 aliphatic heterocycles. The van der Waals surface area contributed by atoms with E-state index in [0.717, 1.165) is 47.8 Å². The standard InChI is InChI=1S/C25H26Cl2N2O3/c1-28(2)22(30)14-29-21-13-17(25(31)32)8-10-18(21)23(15-6-4-3-5-7-15)24(29)16-9-11-19(26)20(27)12-16/h8-13,15H,3-7,14H2,1-2H3,(H,31,32). The highest BCUT2D eigenvalue weighted by Crippen LogP contribution is 2.45. The van der Waals surface area contributed by atoms with E-state index >= 15 is 0 Å². The van der Waals surface area contributed by atoms with Crippen LogP contribution < -0.4 is 0 Å². The van der Waals surface area contributed by atoms with Crippen LogP contribution in [0.15, 0.2) is 36.4 Å².